The van der Waals surface area contributed by atoms with Crippen molar-refractivity contribution < 1.29 is 17.5 Å². The maximum absolute atomic E-state index is 13.2. The summed E-state index contributed by atoms with van der Waals surface area (Å²) < 4.78 is 44.7. The Morgan fingerprint density at radius 1 is 1.50 bits per heavy atom. The molecule has 3 N–H and O–H groups in total. The van der Waals surface area contributed by atoms with Crippen LogP contribution < -0.4 is 10.5 Å². The number of rotatable bonds is 4. The van der Waals surface area contributed by atoms with E-state index in [1.807, 2.05) is 0 Å². The maximum atomic E-state index is 13.2. The number of nitrogens with two attached hydrogens (primary N) is 1. The summed E-state index contributed by atoms with van der Waals surface area (Å²) in [6.45, 7) is 0.858. The summed E-state index contributed by atoms with van der Waals surface area (Å²) in [5.74, 6) is -0.741. The molecule has 2 rings (SSSR count). The first-order chi connectivity index (χ1) is 8.49. The van der Waals surface area contributed by atoms with E-state index < -0.39 is 15.8 Å². The van der Waals surface area contributed by atoms with Crippen molar-refractivity contribution in [2.75, 3.05) is 18.9 Å². The highest BCUT2D eigenvalue weighted by Crippen LogP contribution is 2.17. The van der Waals surface area contributed by atoms with E-state index in [0.29, 0.717) is 6.61 Å². The molecule has 0 amide bonds. The van der Waals surface area contributed by atoms with Gasteiger partial charge in [0.15, 0.2) is 0 Å². The lowest BCUT2D eigenvalue weighted by Crippen LogP contribution is -2.31. The van der Waals surface area contributed by atoms with Crippen molar-refractivity contribution in [1.82, 2.24) is 4.72 Å². The number of nitrogen functional groups attached to an aromatic ring is 1. The Morgan fingerprint density at radius 2 is 2.28 bits per heavy atom. The molecule has 1 unspecified atom stereocenters. The predicted octanol–water partition coefficient (Wildman–Crippen LogP) is 0.865. The van der Waals surface area contributed by atoms with Gasteiger partial charge in [0.2, 0.25) is 10.0 Å². The van der Waals surface area contributed by atoms with Gasteiger partial charge in [0.25, 0.3) is 0 Å². The Morgan fingerprint density at radius 3 is 2.89 bits per heavy atom. The van der Waals surface area contributed by atoms with Crippen molar-refractivity contribution in [2.45, 2.75) is 23.8 Å². The van der Waals surface area contributed by atoms with Gasteiger partial charge in [0, 0.05) is 13.2 Å². The topological polar surface area (TPSA) is 81.4 Å². The van der Waals surface area contributed by atoms with E-state index in [0.717, 1.165) is 18.9 Å². The predicted molar refractivity (Wildman–Crippen MR) is 65.0 cm³/mol. The minimum absolute atomic E-state index is 0.0759. The van der Waals surface area contributed by atoms with Gasteiger partial charge < -0.3 is 10.5 Å². The van der Waals surface area contributed by atoms with Crippen LogP contribution in [-0.4, -0.2) is 27.7 Å². The number of benzene rings is 1. The summed E-state index contributed by atoms with van der Waals surface area (Å²) in [5.41, 5.74) is 5.22. The summed E-state index contributed by atoms with van der Waals surface area (Å²) in [7, 11) is -3.71. The largest absolute Gasteiger partial charge is 0.396 e. The van der Waals surface area contributed by atoms with Gasteiger partial charge in [-0.2, -0.15) is 0 Å². The zero-order valence-corrected chi connectivity index (χ0v) is 10.5. The molecule has 1 fully saturated rings. The second kappa shape index (κ2) is 5.21. The maximum Gasteiger partial charge on any atom is 0.240 e. The van der Waals surface area contributed by atoms with Gasteiger partial charge >= 0.3 is 0 Å². The van der Waals surface area contributed by atoms with Crippen LogP contribution in [0.2, 0.25) is 0 Å². The Balaban J connectivity index is 2.07. The van der Waals surface area contributed by atoms with Gasteiger partial charge in [-0.05, 0) is 31.0 Å². The van der Waals surface area contributed by atoms with Crippen molar-refractivity contribution in [3.8, 4) is 0 Å². The Labute approximate surface area is 105 Å². The average Bonchev–Trinajstić information content (AvgIpc) is 2.83. The highest BCUT2D eigenvalue weighted by molar-refractivity contribution is 7.89. The smallest absolute Gasteiger partial charge is 0.240 e. The first-order valence-electron chi connectivity index (χ1n) is 5.65. The second-order valence-electron chi connectivity index (χ2n) is 4.17. The summed E-state index contributed by atoms with van der Waals surface area (Å²) >= 11 is 0. The van der Waals surface area contributed by atoms with Gasteiger partial charge in [-0.25, -0.2) is 17.5 Å². The monoisotopic (exact) mass is 274 g/mol. The van der Waals surface area contributed by atoms with Crippen LogP contribution in [0.3, 0.4) is 0 Å². The summed E-state index contributed by atoms with van der Waals surface area (Å²) in [4.78, 5) is -0.132. The van der Waals surface area contributed by atoms with Crippen molar-refractivity contribution in [3.63, 3.8) is 0 Å². The molecule has 1 saturated heterocycles. The summed E-state index contributed by atoms with van der Waals surface area (Å²) in [5, 5.41) is 0. The molecule has 0 aliphatic carbocycles. The van der Waals surface area contributed by atoms with E-state index >= 15 is 0 Å². The molecular formula is C11H15FN2O3S. The second-order valence-corrected chi connectivity index (χ2v) is 5.94. The van der Waals surface area contributed by atoms with E-state index in [9.17, 15) is 12.8 Å². The van der Waals surface area contributed by atoms with Crippen molar-refractivity contribution in [2.24, 2.45) is 0 Å². The Bertz CT molecular complexity index is 527. The quantitative estimate of drug-likeness (QED) is 0.798. The van der Waals surface area contributed by atoms with E-state index in [-0.39, 0.29) is 23.2 Å². The molecule has 100 valence electrons. The van der Waals surface area contributed by atoms with Crippen LogP contribution in [0.4, 0.5) is 10.1 Å². The Kier molecular flexibility index (Phi) is 3.84. The fourth-order valence-electron chi connectivity index (χ4n) is 1.77. The lowest BCUT2D eigenvalue weighted by atomic mass is 10.2. The molecule has 1 atom stereocenters. The minimum Gasteiger partial charge on any atom is -0.396 e. The molecule has 18 heavy (non-hydrogen) atoms. The van der Waals surface area contributed by atoms with Gasteiger partial charge in [-0.15, -0.1) is 0 Å². The van der Waals surface area contributed by atoms with Crippen molar-refractivity contribution >= 4 is 15.7 Å². The number of nitrogens with one attached hydrogen (secondary N) is 1. The van der Waals surface area contributed by atoms with Crippen molar-refractivity contribution in [1.29, 1.82) is 0 Å². The fourth-order valence-corrected chi connectivity index (χ4v) is 2.84. The normalized spacial score (nSPS) is 20.2. The van der Waals surface area contributed by atoms with Gasteiger partial charge in [0.1, 0.15) is 5.82 Å². The standard InChI is InChI=1S/C11H15FN2O3S/c12-10-6-9(3-4-11(10)13)18(15,16)14-7-8-2-1-5-17-8/h3-4,6,8,14H,1-2,5,7,13H2. The summed E-state index contributed by atoms with van der Waals surface area (Å²) in [6.07, 6.45) is 1.67. The lowest BCUT2D eigenvalue weighted by Gasteiger charge is -2.11. The van der Waals surface area contributed by atoms with E-state index in [1.54, 1.807) is 0 Å². The number of sulfonamides is 1. The number of hydrogen-bond acceptors (Lipinski definition) is 4. The zero-order chi connectivity index (χ0) is 13.2. The highest BCUT2D eigenvalue weighted by Gasteiger charge is 2.20. The first kappa shape index (κ1) is 13.3. The number of ether oxygens (including phenoxy) is 1. The molecule has 1 heterocycles. The Hall–Kier alpha value is -1.18. The third-order valence-electron chi connectivity index (χ3n) is 2.81. The van der Waals surface area contributed by atoms with Gasteiger partial charge in [-0.1, -0.05) is 0 Å². The number of anilines is 1. The summed E-state index contributed by atoms with van der Waals surface area (Å²) in [6, 6.07) is 3.42. The number of hydrogen-bond donors (Lipinski definition) is 2. The van der Waals surface area contributed by atoms with E-state index in [1.165, 1.54) is 12.1 Å². The van der Waals surface area contributed by atoms with Crippen LogP contribution >= 0.6 is 0 Å². The third kappa shape index (κ3) is 2.98. The van der Waals surface area contributed by atoms with Crippen LogP contribution in [0.5, 0.6) is 0 Å². The van der Waals surface area contributed by atoms with Gasteiger partial charge in [-0.3, -0.25) is 0 Å². The molecule has 0 saturated carbocycles. The molecule has 1 aliphatic heterocycles. The molecule has 0 radical (unpaired) electrons. The van der Waals surface area contributed by atoms with E-state index in [2.05, 4.69) is 4.72 Å². The number of halogens is 1. The molecule has 1 aromatic carbocycles. The first-order valence-corrected chi connectivity index (χ1v) is 7.13. The van der Waals surface area contributed by atoms with Crippen LogP contribution in [0.15, 0.2) is 23.1 Å². The SMILES string of the molecule is Nc1ccc(S(=O)(=O)NCC2CCCO2)cc1F. The molecular weight excluding hydrogens is 259 g/mol. The van der Waals surface area contributed by atoms with E-state index in [4.69, 9.17) is 10.5 Å². The third-order valence-corrected chi connectivity index (χ3v) is 4.23. The van der Waals surface area contributed by atoms with Crippen LogP contribution in [0.25, 0.3) is 0 Å². The van der Waals surface area contributed by atoms with Gasteiger partial charge in [0.05, 0.1) is 16.7 Å². The lowest BCUT2D eigenvalue weighted by molar-refractivity contribution is 0.114. The molecule has 0 spiro atoms. The molecule has 5 nitrogen and oxygen atoms in total. The molecule has 1 aliphatic rings. The zero-order valence-electron chi connectivity index (χ0n) is 9.73. The van der Waals surface area contributed by atoms with Crippen LogP contribution in [0, 0.1) is 5.82 Å². The van der Waals surface area contributed by atoms with Crippen LogP contribution in [0.1, 0.15) is 12.8 Å². The highest BCUT2D eigenvalue weighted by atomic mass is 32.2. The molecule has 7 heteroatoms. The fraction of sp³-hybridized carbons (Fsp3) is 0.455. The average molecular weight is 274 g/mol. The minimum atomic E-state index is -3.71. The molecule has 1 aromatic rings. The molecule has 0 bridgehead atoms. The van der Waals surface area contributed by atoms with Crippen molar-refractivity contribution in [3.05, 3.63) is 24.0 Å². The van der Waals surface area contributed by atoms with Crippen LogP contribution in [-0.2, 0) is 14.8 Å². The molecule has 0 aromatic heterocycles.